The lowest BCUT2D eigenvalue weighted by Crippen LogP contribution is -2.11. The van der Waals surface area contributed by atoms with Crippen molar-refractivity contribution in [1.82, 2.24) is 0 Å². The molecule has 0 heterocycles. The standard InChI is InChI=1S/C15H14BrNO/c1-11-2-8-14(9-3-11)17-15(18)13-6-4-12(10-16)5-7-13/h2-9H,10H2,1H3,(H,17,18). The molecule has 0 aliphatic rings. The van der Waals surface area contributed by atoms with Crippen LogP contribution in [0.3, 0.4) is 0 Å². The summed E-state index contributed by atoms with van der Waals surface area (Å²) in [5, 5.41) is 3.67. The first kappa shape index (κ1) is 12.8. The van der Waals surface area contributed by atoms with Gasteiger partial charge in [0.25, 0.3) is 5.91 Å². The molecule has 0 saturated heterocycles. The van der Waals surface area contributed by atoms with Gasteiger partial charge in [0.2, 0.25) is 0 Å². The summed E-state index contributed by atoms with van der Waals surface area (Å²) in [6.45, 7) is 2.02. The predicted octanol–water partition coefficient (Wildman–Crippen LogP) is 4.14. The van der Waals surface area contributed by atoms with Crippen LogP contribution in [0.4, 0.5) is 5.69 Å². The summed E-state index contributed by atoms with van der Waals surface area (Å²) >= 11 is 3.38. The lowest BCUT2D eigenvalue weighted by Gasteiger charge is -2.06. The van der Waals surface area contributed by atoms with Crippen LogP contribution in [0.2, 0.25) is 0 Å². The molecule has 0 radical (unpaired) electrons. The number of nitrogens with one attached hydrogen (secondary N) is 1. The molecule has 92 valence electrons. The minimum atomic E-state index is -0.0834. The molecule has 0 saturated carbocycles. The number of anilines is 1. The number of alkyl halides is 1. The lowest BCUT2D eigenvalue weighted by molar-refractivity contribution is 0.102. The summed E-state index contributed by atoms with van der Waals surface area (Å²) in [4.78, 5) is 12.0. The van der Waals surface area contributed by atoms with Gasteiger partial charge in [-0.2, -0.15) is 0 Å². The van der Waals surface area contributed by atoms with Crippen LogP contribution in [0.25, 0.3) is 0 Å². The summed E-state index contributed by atoms with van der Waals surface area (Å²) < 4.78 is 0. The molecule has 2 aromatic rings. The molecule has 0 aromatic heterocycles. The van der Waals surface area contributed by atoms with Gasteiger partial charge in [0.05, 0.1) is 0 Å². The highest BCUT2D eigenvalue weighted by Crippen LogP contribution is 2.12. The number of rotatable bonds is 3. The molecule has 0 bridgehead atoms. The number of hydrogen-bond donors (Lipinski definition) is 1. The van der Waals surface area contributed by atoms with E-state index in [0.717, 1.165) is 16.6 Å². The second kappa shape index (κ2) is 5.83. The van der Waals surface area contributed by atoms with E-state index in [-0.39, 0.29) is 5.91 Å². The van der Waals surface area contributed by atoms with Crippen molar-refractivity contribution in [2.75, 3.05) is 5.32 Å². The highest BCUT2D eigenvalue weighted by molar-refractivity contribution is 9.08. The van der Waals surface area contributed by atoms with Gasteiger partial charge in [-0.1, -0.05) is 45.8 Å². The van der Waals surface area contributed by atoms with E-state index in [4.69, 9.17) is 0 Å². The highest BCUT2D eigenvalue weighted by atomic mass is 79.9. The maximum absolute atomic E-state index is 12.0. The number of halogens is 1. The van der Waals surface area contributed by atoms with Crippen molar-refractivity contribution in [3.8, 4) is 0 Å². The zero-order valence-electron chi connectivity index (χ0n) is 10.1. The van der Waals surface area contributed by atoms with Gasteiger partial charge >= 0.3 is 0 Å². The Balaban J connectivity index is 2.09. The molecule has 0 spiro atoms. The third-order valence-electron chi connectivity index (χ3n) is 2.68. The first-order valence-corrected chi connectivity index (χ1v) is 6.84. The normalized spacial score (nSPS) is 10.1. The largest absolute Gasteiger partial charge is 0.322 e. The Bertz CT molecular complexity index is 531. The Morgan fingerprint density at radius 2 is 1.67 bits per heavy atom. The Labute approximate surface area is 115 Å². The smallest absolute Gasteiger partial charge is 0.255 e. The van der Waals surface area contributed by atoms with Crippen molar-refractivity contribution in [3.63, 3.8) is 0 Å². The van der Waals surface area contributed by atoms with Gasteiger partial charge < -0.3 is 5.32 Å². The van der Waals surface area contributed by atoms with Gasteiger partial charge in [0, 0.05) is 16.6 Å². The van der Waals surface area contributed by atoms with E-state index in [0.29, 0.717) is 5.56 Å². The number of carbonyl (C=O) groups is 1. The molecule has 0 fully saturated rings. The molecular formula is C15H14BrNO. The molecule has 0 unspecified atom stereocenters. The fourth-order valence-corrected chi connectivity index (χ4v) is 1.96. The second-order valence-electron chi connectivity index (χ2n) is 4.15. The molecule has 2 nitrogen and oxygen atoms in total. The summed E-state index contributed by atoms with van der Waals surface area (Å²) in [6.07, 6.45) is 0. The van der Waals surface area contributed by atoms with Gasteiger partial charge in [0.15, 0.2) is 0 Å². The van der Waals surface area contributed by atoms with E-state index in [2.05, 4.69) is 21.2 Å². The van der Waals surface area contributed by atoms with Crippen LogP contribution >= 0.6 is 15.9 Å². The van der Waals surface area contributed by atoms with E-state index in [1.807, 2.05) is 55.5 Å². The van der Waals surface area contributed by atoms with Crippen LogP contribution in [0, 0.1) is 6.92 Å². The van der Waals surface area contributed by atoms with Crippen LogP contribution < -0.4 is 5.32 Å². The van der Waals surface area contributed by atoms with Crippen LogP contribution in [-0.4, -0.2) is 5.91 Å². The first-order valence-electron chi connectivity index (χ1n) is 5.72. The molecule has 0 atom stereocenters. The van der Waals surface area contributed by atoms with Gasteiger partial charge in [0.1, 0.15) is 0 Å². The molecule has 1 N–H and O–H groups in total. The van der Waals surface area contributed by atoms with Crippen molar-refractivity contribution in [2.45, 2.75) is 12.3 Å². The minimum absolute atomic E-state index is 0.0834. The van der Waals surface area contributed by atoms with Crippen LogP contribution in [0.1, 0.15) is 21.5 Å². The highest BCUT2D eigenvalue weighted by Gasteiger charge is 2.05. The zero-order valence-corrected chi connectivity index (χ0v) is 11.7. The van der Waals surface area contributed by atoms with Gasteiger partial charge in [-0.25, -0.2) is 0 Å². The number of amides is 1. The average molecular weight is 304 g/mol. The van der Waals surface area contributed by atoms with E-state index in [1.165, 1.54) is 5.56 Å². The minimum Gasteiger partial charge on any atom is -0.322 e. The molecule has 2 rings (SSSR count). The lowest BCUT2D eigenvalue weighted by atomic mass is 10.1. The Morgan fingerprint density at radius 1 is 1.06 bits per heavy atom. The van der Waals surface area contributed by atoms with Crippen LogP contribution in [0.15, 0.2) is 48.5 Å². The Hall–Kier alpha value is -1.61. The van der Waals surface area contributed by atoms with Crippen molar-refractivity contribution in [1.29, 1.82) is 0 Å². The van der Waals surface area contributed by atoms with Crippen LogP contribution in [0.5, 0.6) is 0 Å². The molecule has 2 aromatic carbocycles. The molecule has 3 heteroatoms. The topological polar surface area (TPSA) is 29.1 Å². The van der Waals surface area contributed by atoms with Gasteiger partial charge in [-0.3, -0.25) is 4.79 Å². The van der Waals surface area contributed by atoms with E-state index in [9.17, 15) is 4.79 Å². The van der Waals surface area contributed by atoms with Crippen molar-refractivity contribution in [3.05, 3.63) is 65.2 Å². The number of aryl methyl sites for hydroxylation is 1. The monoisotopic (exact) mass is 303 g/mol. The third kappa shape index (κ3) is 3.20. The number of carbonyl (C=O) groups excluding carboxylic acids is 1. The SMILES string of the molecule is Cc1ccc(NC(=O)c2ccc(CBr)cc2)cc1. The Morgan fingerprint density at radius 3 is 2.22 bits per heavy atom. The molecule has 1 amide bonds. The molecular weight excluding hydrogens is 290 g/mol. The molecule has 18 heavy (non-hydrogen) atoms. The fourth-order valence-electron chi connectivity index (χ4n) is 1.59. The van der Waals surface area contributed by atoms with Crippen LogP contribution in [-0.2, 0) is 5.33 Å². The van der Waals surface area contributed by atoms with Crippen molar-refractivity contribution < 1.29 is 4.79 Å². The summed E-state index contributed by atoms with van der Waals surface area (Å²) in [6, 6.07) is 15.3. The molecule has 0 aliphatic heterocycles. The maximum atomic E-state index is 12.0. The van der Waals surface area contributed by atoms with E-state index >= 15 is 0 Å². The summed E-state index contributed by atoms with van der Waals surface area (Å²) in [7, 11) is 0. The number of hydrogen-bond acceptors (Lipinski definition) is 1. The van der Waals surface area contributed by atoms with Crippen molar-refractivity contribution >= 4 is 27.5 Å². The van der Waals surface area contributed by atoms with Crippen molar-refractivity contribution in [2.24, 2.45) is 0 Å². The predicted molar refractivity (Wildman–Crippen MR) is 78.2 cm³/mol. The summed E-state index contributed by atoms with van der Waals surface area (Å²) in [5.41, 5.74) is 3.81. The summed E-state index contributed by atoms with van der Waals surface area (Å²) in [5.74, 6) is -0.0834. The molecule has 0 aliphatic carbocycles. The quantitative estimate of drug-likeness (QED) is 0.848. The second-order valence-corrected chi connectivity index (χ2v) is 4.71. The average Bonchev–Trinajstić information content (AvgIpc) is 2.41. The van der Waals surface area contributed by atoms with E-state index in [1.54, 1.807) is 0 Å². The number of benzene rings is 2. The fraction of sp³-hybridized carbons (Fsp3) is 0.133. The Kier molecular flexibility index (Phi) is 4.15. The zero-order chi connectivity index (χ0) is 13.0. The first-order chi connectivity index (χ1) is 8.69. The third-order valence-corrected chi connectivity index (χ3v) is 3.33. The maximum Gasteiger partial charge on any atom is 0.255 e. The van der Waals surface area contributed by atoms with Gasteiger partial charge in [-0.05, 0) is 36.8 Å². The van der Waals surface area contributed by atoms with E-state index < -0.39 is 0 Å². The van der Waals surface area contributed by atoms with Gasteiger partial charge in [-0.15, -0.1) is 0 Å².